The van der Waals surface area contributed by atoms with Crippen LogP contribution in [-0.2, 0) is 14.8 Å². The van der Waals surface area contributed by atoms with Crippen LogP contribution >= 0.6 is 15.9 Å². The van der Waals surface area contributed by atoms with Crippen molar-refractivity contribution in [3.05, 3.63) is 87.9 Å². The number of amides is 1. The number of sulfonamides is 1. The van der Waals surface area contributed by atoms with E-state index in [9.17, 15) is 13.2 Å². The standard InChI is InChI=1S/C25H26BrNO4S/c1-17(2)20-9-14-24(23(26)15-20)31-16-25(28)27(21-10-5-18(3)6-11-21)32(29,30)22-12-7-19(4)8-13-22/h5-15,17H,16H2,1-4H3. The highest BCUT2D eigenvalue weighted by atomic mass is 79.9. The van der Waals surface area contributed by atoms with E-state index >= 15 is 0 Å². The minimum atomic E-state index is -4.12. The van der Waals surface area contributed by atoms with Crippen molar-refractivity contribution in [3.8, 4) is 5.75 Å². The van der Waals surface area contributed by atoms with Gasteiger partial charge in [0.15, 0.2) is 6.61 Å². The number of halogens is 1. The molecule has 0 N–H and O–H groups in total. The van der Waals surface area contributed by atoms with Crippen LogP contribution in [0.3, 0.4) is 0 Å². The largest absolute Gasteiger partial charge is 0.483 e. The second-order valence-corrected chi connectivity index (χ2v) is 10.6. The van der Waals surface area contributed by atoms with E-state index in [0.29, 0.717) is 16.1 Å². The molecule has 32 heavy (non-hydrogen) atoms. The van der Waals surface area contributed by atoms with E-state index in [1.54, 1.807) is 42.5 Å². The van der Waals surface area contributed by atoms with Gasteiger partial charge in [0.2, 0.25) is 0 Å². The summed E-state index contributed by atoms with van der Waals surface area (Å²) < 4.78 is 34.0. The molecule has 5 nitrogen and oxygen atoms in total. The minimum Gasteiger partial charge on any atom is -0.483 e. The van der Waals surface area contributed by atoms with Crippen molar-refractivity contribution in [2.24, 2.45) is 0 Å². The highest BCUT2D eigenvalue weighted by Crippen LogP contribution is 2.30. The van der Waals surface area contributed by atoms with E-state index in [0.717, 1.165) is 21.0 Å². The Balaban J connectivity index is 1.92. The molecule has 0 unspecified atom stereocenters. The number of benzene rings is 3. The molecule has 3 aromatic carbocycles. The van der Waals surface area contributed by atoms with Gasteiger partial charge in [-0.3, -0.25) is 4.79 Å². The lowest BCUT2D eigenvalue weighted by Crippen LogP contribution is -2.40. The maximum atomic E-state index is 13.4. The molecular weight excluding hydrogens is 490 g/mol. The zero-order valence-electron chi connectivity index (χ0n) is 18.5. The second kappa shape index (κ2) is 9.88. The third kappa shape index (κ3) is 5.40. The van der Waals surface area contributed by atoms with Crippen molar-refractivity contribution in [2.45, 2.75) is 38.5 Å². The zero-order chi connectivity index (χ0) is 23.5. The molecule has 168 valence electrons. The predicted octanol–water partition coefficient (Wildman–Crippen LogP) is 5.99. The molecule has 3 rings (SSSR count). The van der Waals surface area contributed by atoms with Crippen molar-refractivity contribution < 1.29 is 17.9 Å². The normalized spacial score (nSPS) is 11.4. The molecule has 0 aliphatic carbocycles. The molecule has 1 amide bonds. The number of aryl methyl sites for hydroxylation is 2. The Kier molecular flexibility index (Phi) is 7.41. The van der Waals surface area contributed by atoms with Gasteiger partial charge in [-0.1, -0.05) is 55.3 Å². The van der Waals surface area contributed by atoms with Crippen LogP contribution in [0.25, 0.3) is 0 Å². The van der Waals surface area contributed by atoms with Crippen LogP contribution in [-0.4, -0.2) is 20.9 Å². The van der Waals surface area contributed by atoms with Crippen molar-refractivity contribution in [1.29, 1.82) is 0 Å². The Morgan fingerprint density at radius 3 is 2.03 bits per heavy atom. The van der Waals surface area contributed by atoms with Crippen molar-refractivity contribution in [3.63, 3.8) is 0 Å². The van der Waals surface area contributed by atoms with Gasteiger partial charge < -0.3 is 4.74 Å². The summed E-state index contributed by atoms with van der Waals surface area (Å²) in [6.07, 6.45) is 0. The summed E-state index contributed by atoms with van der Waals surface area (Å²) in [6.45, 7) is 7.50. The monoisotopic (exact) mass is 515 g/mol. The number of carbonyl (C=O) groups is 1. The molecule has 0 saturated carbocycles. The first kappa shape index (κ1) is 24.0. The Morgan fingerprint density at radius 1 is 0.938 bits per heavy atom. The van der Waals surface area contributed by atoms with Gasteiger partial charge in [-0.15, -0.1) is 0 Å². The summed E-state index contributed by atoms with van der Waals surface area (Å²) in [6, 6.07) is 18.8. The van der Waals surface area contributed by atoms with Crippen molar-refractivity contribution >= 4 is 37.5 Å². The first-order chi connectivity index (χ1) is 15.1. The second-order valence-electron chi connectivity index (χ2n) is 7.95. The number of anilines is 1. The number of hydrogen-bond acceptors (Lipinski definition) is 4. The summed E-state index contributed by atoms with van der Waals surface area (Å²) in [4.78, 5) is 13.2. The highest BCUT2D eigenvalue weighted by Gasteiger charge is 2.31. The van der Waals surface area contributed by atoms with E-state index in [1.165, 1.54) is 12.1 Å². The van der Waals surface area contributed by atoms with E-state index < -0.39 is 22.5 Å². The lowest BCUT2D eigenvalue weighted by molar-refractivity contribution is -0.119. The molecule has 7 heteroatoms. The fourth-order valence-corrected chi connectivity index (χ4v) is 5.03. The summed E-state index contributed by atoms with van der Waals surface area (Å²) in [5, 5.41) is 0. The molecule has 0 saturated heterocycles. The number of nitrogens with zero attached hydrogens (tertiary/aromatic N) is 1. The van der Waals surface area contributed by atoms with Gasteiger partial charge in [-0.05, 0) is 77.7 Å². The molecule has 0 heterocycles. The van der Waals surface area contributed by atoms with Gasteiger partial charge >= 0.3 is 0 Å². The van der Waals surface area contributed by atoms with Crippen LogP contribution in [0.15, 0.2) is 76.1 Å². The smallest absolute Gasteiger partial charge is 0.278 e. The first-order valence-electron chi connectivity index (χ1n) is 10.2. The Labute approximate surface area is 198 Å². The SMILES string of the molecule is Cc1ccc(N(C(=O)COc2ccc(C(C)C)cc2Br)S(=O)(=O)c2ccc(C)cc2)cc1. The van der Waals surface area contributed by atoms with Crippen LogP contribution in [0.5, 0.6) is 5.75 Å². The maximum absolute atomic E-state index is 13.4. The quantitative estimate of drug-likeness (QED) is 0.387. The molecule has 0 fully saturated rings. The predicted molar refractivity (Wildman–Crippen MR) is 131 cm³/mol. The number of carbonyl (C=O) groups excluding carboxylic acids is 1. The summed E-state index contributed by atoms with van der Waals surface area (Å²) >= 11 is 3.47. The van der Waals surface area contributed by atoms with Crippen molar-refractivity contribution in [2.75, 3.05) is 10.9 Å². The summed E-state index contributed by atoms with van der Waals surface area (Å²) in [7, 11) is -4.12. The summed E-state index contributed by atoms with van der Waals surface area (Å²) in [5.74, 6) is 0.132. The fourth-order valence-electron chi connectivity index (χ4n) is 3.10. The molecule has 3 aromatic rings. The summed E-state index contributed by atoms with van der Waals surface area (Å²) in [5.41, 5.74) is 3.27. The topological polar surface area (TPSA) is 63.7 Å². The molecule has 0 radical (unpaired) electrons. The van der Waals surface area contributed by atoms with Crippen LogP contribution in [0.2, 0.25) is 0 Å². The number of hydrogen-bond donors (Lipinski definition) is 0. The van der Waals surface area contributed by atoms with E-state index in [1.807, 2.05) is 26.0 Å². The van der Waals surface area contributed by atoms with Gasteiger partial charge in [0.05, 0.1) is 15.1 Å². The van der Waals surface area contributed by atoms with E-state index in [4.69, 9.17) is 4.74 Å². The minimum absolute atomic E-state index is 0.0412. The molecular formula is C25H26BrNO4S. The molecule has 0 aliphatic heterocycles. The fraction of sp³-hybridized carbons (Fsp3) is 0.240. The van der Waals surface area contributed by atoms with Gasteiger partial charge in [0, 0.05) is 0 Å². The van der Waals surface area contributed by atoms with Gasteiger partial charge in [-0.25, -0.2) is 8.42 Å². The number of rotatable bonds is 7. The molecule has 0 spiro atoms. The first-order valence-corrected chi connectivity index (χ1v) is 12.5. The molecule has 0 bridgehead atoms. The van der Waals surface area contributed by atoms with Crippen LogP contribution in [0.4, 0.5) is 5.69 Å². The Morgan fingerprint density at radius 2 is 1.50 bits per heavy atom. The lowest BCUT2D eigenvalue weighted by Gasteiger charge is -2.23. The van der Waals surface area contributed by atoms with Crippen LogP contribution in [0.1, 0.15) is 36.5 Å². The third-order valence-electron chi connectivity index (χ3n) is 5.03. The number of ether oxygens (including phenoxy) is 1. The van der Waals surface area contributed by atoms with Gasteiger partial charge in [0.1, 0.15) is 5.75 Å². The average molecular weight is 516 g/mol. The molecule has 0 aliphatic rings. The third-order valence-corrected chi connectivity index (χ3v) is 7.41. The van der Waals surface area contributed by atoms with E-state index in [-0.39, 0.29) is 10.6 Å². The van der Waals surface area contributed by atoms with Gasteiger partial charge in [-0.2, -0.15) is 4.31 Å². The van der Waals surface area contributed by atoms with E-state index in [2.05, 4.69) is 29.8 Å². The van der Waals surface area contributed by atoms with Crippen LogP contribution < -0.4 is 9.04 Å². The zero-order valence-corrected chi connectivity index (χ0v) is 20.9. The molecule has 0 atom stereocenters. The van der Waals surface area contributed by atoms with Crippen molar-refractivity contribution in [1.82, 2.24) is 0 Å². The Hall–Kier alpha value is -2.64. The lowest BCUT2D eigenvalue weighted by atomic mass is 10.0. The molecule has 0 aromatic heterocycles. The van der Waals surface area contributed by atoms with Crippen LogP contribution in [0, 0.1) is 13.8 Å². The maximum Gasteiger partial charge on any atom is 0.278 e. The highest BCUT2D eigenvalue weighted by molar-refractivity contribution is 9.10. The van der Waals surface area contributed by atoms with Gasteiger partial charge in [0.25, 0.3) is 15.9 Å². The Bertz CT molecular complexity index is 1200. The average Bonchev–Trinajstić information content (AvgIpc) is 2.74.